The number of hydrazone groups is 1. The molecule has 0 aliphatic carbocycles. The molecule has 8 rings (SSSR count). The summed E-state index contributed by atoms with van der Waals surface area (Å²) in [7, 11) is 1.59. The van der Waals surface area contributed by atoms with E-state index in [0.717, 1.165) is 44.2 Å². The Hall–Kier alpha value is -4.41. The van der Waals surface area contributed by atoms with Crippen LogP contribution in [0.3, 0.4) is 0 Å². The number of benzene rings is 5. The molecule has 1 spiro atoms. The van der Waals surface area contributed by atoms with E-state index in [2.05, 4.69) is 34.1 Å². The number of carbonyl (C=O) groups excluding carboxylic acids is 1. The maximum Gasteiger partial charge on any atom is 0.321 e. The van der Waals surface area contributed by atoms with Crippen molar-refractivity contribution in [1.29, 1.82) is 0 Å². The molecule has 5 aromatic rings. The van der Waals surface area contributed by atoms with Crippen molar-refractivity contribution in [2.24, 2.45) is 5.10 Å². The van der Waals surface area contributed by atoms with E-state index in [1.165, 1.54) is 0 Å². The lowest BCUT2D eigenvalue weighted by atomic mass is 9.95. The van der Waals surface area contributed by atoms with E-state index in [1.807, 2.05) is 96.0 Å². The third-order valence-corrected chi connectivity index (χ3v) is 10.9. The van der Waals surface area contributed by atoms with Gasteiger partial charge in [0.2, 0.25) is 0 Å². The molecule has 0 bridgehead atoms. The number of hydrogen-bond acceptors (Lipinski definition) is 7. The van der Waals surface area contributed by atoms with Crippen molar-refractivity contribution < 1.29 is 19.0 Å². The summed E-state index contributed by atoms with van der Waals surface area (Å²) >= 11 is 17.2. The molecule has 5 aromatic carbocycles. The Bertz CT molecular complexity index is 2190. The number of para-hydroxylation sites is 1. The second-order valence-corrected chi connectivity index (χ2v) is 14.6. The first-order valence-electron chi connectivity index (χ1n) is 15.8. The number of nitrogens with zero attached hydrogens (tertiary/aromatic N) is 3. The van der Waals surface area contributed by atoms with Crippen LogP contribution in [0.1, 0.15) is 34.7 Å². The minimum atomic E-state index is -1.42. The highest BCUT2D eigenvalue weighted by molar-refractivity contribution is 9.10. The molecule has 0 N–H and O–H groups in total. The standard InChI is InChI=1S/C39H28BrCl2N3O4S/c1-47-36-18-24(12-16-35(36)48-23-26-13-15-28(41)21-31(26)42)19-37-39(44(38(46)50-37)29-10-6-3-7-11-29)45-33(30-20-27(40)14-17-34(30)49-39)22-32(43-45)25-8-4-2-5-9-25/h2-21,33H,22-23H2,1H3/b37-19-. The summed E-state index contributed by atoms with van der Waals surface area (Å²) in [6, 6.07) is 36.4. The van der Waals surface area contributed by atoms with Crippen molar-refractivity contribution in [2.45, 2.75) is 24.9 Å². The summed E-state index contributed by atoms with van der Waals surface area (Å²) in [4.78, 5) is 16.6. The van der Waals surface area contributed by atoms with Crippen LogP contribution >= 0.6 is 50.9 Å². The molecule has 0 aromatic heterocycles. The summed E-state index contributed by atoms with van der Waals surface area (Å²) in [6.07, 6.45) is 2.59. The summed E-state index contributed by atoms with van der Waals surface area (Å²) in [5, 5.41) is 8.12. The molecule has 3 aliphatic heterocycles. The van der Waals surface area contributed by atoms with Crippen LogP contribution in [-0.2, 0) is 6.61 Å². The van der Waals surface area contributed by atoms with Crippen LogP contribution in [0, 0.1) is 0 Å². The van der Waals surface area contributed by atoms with Gasteiger partial charge in [-0.3, -0.25) is 4.79 Å². The molecule has 250 valence electrons. The fraction of sp³-hybridized carbons (Fsp3) is 0.128. The topological polar surface area (TPSA) is 63.6 Å². The van der Waals surface area contributed by atoms with Gasteiger partial charge in [-0.05, 0) is 83.6 Å². The fourth-order valence-corrected chi connectivity index (χ4v) is 8.39. The molecular formula is C39H28BrCl2N3O4S. The average molecular weight is 786 g/mol. The third kappa shape index (κ3) is 5.82. The van der Waals surface area contributed by atoms with Crippen molar-refractivity contribution in [3.63, 3.8) is 0 Å². The number of thioether (sulfide) groups is 1. The Labute approximate surface area is 312 Å². The summed E-state index contributed by atoms with van der Waals surface area (Å²) < 4.78 is 19.9. The van der Waals surface area contributed by atoms with Gasteiger partial charge in [-0.2, -0.15) is 5.10 Å². The number of methoxy groups -OCH3 is 1. The van der Waals surface area contributed by atoms with Gasteiger partial charge in [0.1, 0.15) is 12.4 Å². The summed E-state index contributed by atoms with van der Waals surface area (Å²) in [5.74, 6) is 0.333. The van der Waals surface area contributed by atoms with E-state index in [4.69, 9.17) is 42.5 Å². The number of rotatable bonds is 7. The predicted octanol–water partition coefficient (Wildman–Crippen LogP) is 11.0. The first kappa shape index (κ1) is 32.8. The van der Waals surface area contributed by atoms with Gasteiger partial charge in [0.15, 0.2) is 11.5 Å². The Morgan fingerprint density at radius 3 is 2.50 bits per heavy atom. The molecular weight excluding hydrogens is 757 g/mol. The first-order valence-corrected chi connectivity index (χ1v) is 18.2. The van der Waals surface area contributed by atoms with Crippen molar-refractivity contribution in [2.75, 3.05) is 12.0 Å². The van der Waals surface area contributed by atoms with Crippen molar-refractivity contribution in [3.8, 4) is 17.2 Å². The predicted molar refractivity (Wildman–Crippen MR) is 203 cm³/mol. The average Bonchev–Trinajstić information content (AvgIpc) is 3.70. The van der Waals surface area contributed by atoms with Crippen LogP contribution in [0.15, 0.2) is 130 Å². The Morgan fingerprint density at radius 2 is 1.74 bits per heavy atom. The van der Waals surface area contributed by atoms with Gasteiger partial charge in [0, 0.05) is 32.1 Å². The number of carbonyl (C=O) groups is 1. The van der Waals surface area contributed by atoms with E-state index in [-0.39, 0.29) is 17.9 Å². The lowest BCUT2D eigenvalue weighted by Gasteiger charge is -2.49. The molecule has 3 heterocycles. The zero-order chi connectivity index (χ0) is 34.4. The quantitative estimate of drug-likeness (QED) is 0.164. The Morgan fingerprint density at radius 1 is 0.960 bits per heavy atom. The van der Waals surface area contributed by atoms with E-state index >= 15 is 0 Å². The zero-order valence-corrected chi connectivity index (χ0v) is 30.5. The molecule has 50 heavy (non-hydrogen) atoms. The molecule has 1 saturated heterocycles. The molecule has 0 radical (unpaired) electrons. The maximum absolute atomic E-state index is 14.2. The first-order chi connectivity index (χ1) is 24.3. The third-order valence-electron chi connectivity index (χ3n) is 8.81. The highest BCUT2D eigenvalue weighted by atomic mass is 79.9. The Balaban J connectivity index is 1.25. The van der Waals surface area contributed by atoms with Gasteiger partial charge in [0.25, 0.3) is 5.24 Å². The van der Waals surface area contributed by atoms with Gasteiger partial charge in [-0.15, -0.1) is 0 Å². The molecule has 11 heteroatoms. The lowest BCUT2D eigenvalue weighted by molar-refractivity contribution is -0.0763. The summed E-state index contributed by atoms with van der Waals surface area (Å²) in [6.45, 7) is 0.230. The smallest absolute Gasteiger partial charge is 0.321 e. The summed E-state index contributed by atoms with van der Waals surface area (Å²) in [5.41, 5.74) is 5.19. The number of ether oxygens (including phenoxy) is 3. The molecule has 2 atom stereocenters. The minimum absolute atomic E-state index is 0.183. The van der Waals surface area contributed by atoms with Crippen LogP contribution in [0.25, 0.3) is 6.08 Å². The van der Waals surface area contributed by atoms with Crippen molar-refractivity contribution in [1.82, 2.24) is 5.01 Å². The fourth-order valence-electron chi connectivity index (χ4n) is 6.48. The van der Waals surface area contributed by atoms with E-state index in [9.17, 15) is 4.79 Å². The zero-order valence-electron chi connectivity index (χ0n) is 26.6. The minimum Gasteiger partial charge on any atom is -0.493 e. The van der Waals surface area contributed by atoms with Gasteiger partial charge in [-0.1, -0.05) is 99.8 Å². The number of anilines is 1. The van der Waals surface area contributed by atoms with Gasteiger partial charge in [0.05, 0.1) is 29.5 Å². The maximum atomic E-state index is 14.2. The van der Waals surface area contributed by atoms with Crippen LogP contribution in [0.4, 0.5) is 10.5 Å². The normalized spacial score (nSPS) is 20.1. The largest absolute Gasteiger partial charge is 0.493 e. The second kappa shape index (κ2) is 13.4. The highest BCUT2D eigenvalue weighted by Crippen LogP contribution is 2.58. The molecule has 7 nitrogen and oxygen atoms in total. The molecule has 3 aliphatic rings. The number of fused-ring (bicyclic) bond motifs is 4. The van der Waals surface area contributed by atoms with Crippen LogP contribution in [-0.4, -0.2) is 28.9 Å². The second-order valence-electron chi connectivity index (χ2n) is 11.9. The molecule has 2 unspecified atom stereocenters. The number of halogens is 3. The van der Waals surface area contributed by atoms with E-state index in [0.29, 0.717) is 44.3 Å². The van der Waals surface area contributed by atoms with E-state index < -0.39 is 5.85 Å². The number of amides is 1. The van der Waals surface area contributed by atoms with Gasteiger partial charge >= 0.3 is 5.85 Å². The highest BCUT2D eigenvalue weighted by Gasteiger charge is 2.63. The van der Waals surface area contributed by atoms with Crippen molar-refractivity contribution in [3.05, 3.63) is 157 Å². The van der Waals surface area contributed by atoms with Gasteiger partial charge < -0.3 is 14.2 Å². The lowest BCUT2D eigenvalue weighted by Crippen LogP contribution is -2.63. The SMILES string of the molecule is COc1cc(/C=C2\SC(=O)N(c3ccccc3)C23Oc2ccc(Br)cc2C2CC(c4ccccc4)=NN23)ccc1OCc1ccc(Cl)cc1Cl. The molecule has 1 amide bonds. The van der Waals surface area contributed by atoms with Crippen LogP contribution < -0.4 is 19.1 Å². The molecule has 1 fully saturated rings. The van der Waals surface area contributed by atoms with Crippen molar-refractivity contribution >= 4 is 73.6 Å². The Kier molecular flexibility index (Phi) is 8.77. The van der Waals surface area contributed by atoms with Crippen LogP contribution in [0.5, 0.6) is 17.2 Å². The van der Waals surface area contributed by atoms with Crippen LogP contribution in [0.2, 0.25) is 10.0 Å². The molecule has 0 saturated carbocycles. The van der Waals surface area contributed by atoms with E-state index in [1.54, 1.807) is 24.1 Å². The number of hydrogen-bond donors (Lipinski definition) is 0. The monoisotopic (exact) mass is 783 g/mol. The van der Waals surface area contributed by atoms with Gasteiger partial charge in [-0.25, -0.2) is 9.91 Å².